The second-order valence-corrected chi connectivity index (χ2v) is 3.40. The monoisotopic (exact) mass is 253 g/mol. The number of nitrogens with one attached hydrogen (secondary N) is 1. The minimum Gasteiger partial charge on any atom is -0.478 e. The van der Waals surface area contributed by atoms with E-state index in [9.17, 15) is 18.0 Å². The zero-order valence-electron chi connectivity index (χ0n) is 7.81. The zero-order valence-corrected chi connectivity index (χ0v) is 8.56. The van der Waals surface area contributed by atoms with E-state index < -0.39 is 18.7 Å². The van der Waals surface area contributed by atoms with Gasteiger partial charge in [-0.15, -0.1) is 0 Å². The SMILES string of the molecule is O=C(O)c1ccc(Cl)cc1NCC(F)(F)F. The molecule has 2 N–H and O–H groups in total. The van der Waals surface area contributed by atoms with Gasteiger partial charge in [-0.1, -0.05) is 11.6 Å². The molecule has 0 aromatic heterocycles. The summed E-state index contributed by atoms with van der Waals surface area (Å²) in [7, 11) is 0. The predicted molar refractivity (Wildman–Crippen MR) is 53.0 cm³/mol. The molecule has 0 aliphatic carbocycles. The molecule has 0 heterocycles. The summed E-state index contributed by atoms with van der Waals surface area (Å²) in [5.74, 6) is -1.32. The van der Waals surface area contributed by atoms with E-state index >= 15 is 0 Å². The molecule has 1 aromatic rings. The molecule has 16 heavy (non-hydrogen) atoms. The lowest BCUT2D eigenvalue weighted by molar-refractivity contribution is -0.115. The molecule has 0 spiro atoms. The third-order valence-corrected chi connectivity index (χ3v) is 1.93. The van der Waals surface area contributed by atoms with E-state index in [4.69, 9.17) is 16.7 Å². The third-order valence-electron chi connectivity index (χ3n) is 1.69. The fraction of sp³-hybridized carbons (Fsp3) is 0.222. The van der Waals surface area contributed by atoms with Crippen molar-refractivity contribution in [2.75, 3.05) is 11.9 Å². The Bertz CT molecular complexity index is 406. The fourth-order valence-corrected chi connectivity index (χ4v) is 1.22. The van der Waals surface area contributed by atoms with Gasteiger partial charge in [-0.05, 0) is 18.2 Å². The topological polar surface area (TPSA) is 49.3 Å². The normalized spacial score (nSPS) is 11.2. The van der Waals surface area contributed by atoms with Crippen molar-refractivity contribution < 1.29 is 23.1 Å². The van der Waals surface area contributed by atoms with Gasteiger partial charge in [0.05, 0.1) is 11.3 Å². The van der Waals surface area contributed by atoms with Crippen LogP contribution < -0.4 is 5.32 Å². The zero-order chi connectivity index (χ0) is 12.3. The van der Waals surface area contributed by atoms with Gasteiger partial charge in [-0.25, -0.2) is 4.79 Å². The van der Waals surface area contributed by atoms with Gasteiger partial charge in [0.25, 0.3) is 0 Å². The summed E-state index contributed by atoms with van der Waals surface area (Å²) >= 11 is 5.56. The van der Waals surface area contributed by atoms with Crippen LogP contribution in [0.3, 0.4) is 0 Å². The van der Waals surface area contributed by atoms with Crippen LogP contribution >= 0.6 is 11.6 Å². The molecule has 0 unspecified atom stereocenters. The van der Waals surface area contributed by atoms with E-state index in [0.717, 1.165) is 12.1 Å². The second kappa shape index (κ2) is 4.61. The number of carboxylic acids is 1. The van der Waals surface area contributed by atoms with Gasteiger partial charge >= 0.3 is 12.1 Å². The quantitative estimate of drug-likeness (QED) is 0.871. The summed E-state index contributed by atoms with van der Waals surface area (Å²) < 4.78 is 35.8. The minimum atomic E-state index is -4.42. The number of hydrogen-bond acceptors (Lipinski definition) is 2. The van der Waals surface area contributed by atoms with Crippen molar-refractivity contribution in [3.05, 3.63) is 28.8 Å². The van der Waals surface area contributed by atoms with Crippen LogP contribution in [0.5, 0.6) is 0 Å². The van der Waals surface area contributed by atoms with Gasteiger partial charge in [0.1, 0.15) is 6.54 Å². The highest BCUT2D eigenvalue weighted by molar-refractivity contribution is 6.31. The first-order valence-electron chi connectivity index (χ1n) is 4.13. The number of carbonyl (C=O) groups is 1. The van der Waals surface area contributed by atoms with E-state index in [1.54, 1.807) is 0 Å². The standard InChI is InChI=1S/C9H7ClF3NO2/c10-5-1-2-6(8(15)16)7(3-5)14-4-9(11,12)13/h1-3,14H,4H2,(H,15,16). The molecule has 0 atom stereocenters. The van der Waals surface area contributed by atoms with Crippen LogP contribution in [-0.4, -0.2) is 23.8 Å². The number of aromatic carboxylic acids is 1. The van der Waals surface area contributed by atoms with Gasteiger partial charge in [-0.3, -0.25) is 0 Å². The summed E-state index contributed by atoms with van der Waals surface area (Å²) in [5, 5.41) is 10.9. The molecule has 88 valence electrons. The van der Waals surface area contributed by atoms with Gasteiger partial charge < -0.3 is 10.4 Å². The van der Waals surface area contributed by atoms with Crippen LogP contribution in [0, 0.1) is 0 Å². The molecular weight excluding hydrogens is 247 g/mol. The summed E-state index contributed by atoms with van der Waals surface area (Å²) in [6, 6.07) is 3.57. The van der Waals surface area contributed by atoms with Crippen molar-refractivity contribution in [3.8, 4) is 0 Å². The first kappa shape index (κ1) is 12.6. The molecule has 3 nitrogen and oxygen atoms in total. The van der Waals surface area contributed by atoms with Crippen molar-refractivity contribution in [2.24, 2.45) is 0 Å². The number of alkyl halides is 3. The predicted octanol–water partition coefficient (Wildman–Crippen LogP) is 3.01. The maximum atomic E-state index is 11.9. The smallest absolute Gasteiger partial charge is 0.405 e. The fourth-order valence-electron chi connectivity index (χ4n) is 1.04. The number of benzene rings is 1. The van der Waals surface area contributed by atoms with Crippen LogP contribution in [0.2, 0.25) is 5.02 Å². The molecule has 0 aliphatic rings. The van der Waals surface area contributed by atoms with Gasteiger partial charge in [0, 0.05) is 5.02 Å². The lowest BCUT2D eigenvalue weighted by Crippen LogP contribution is -2.22. The summed E-state index contributed by atoms with van der Waals surface area (Å²) in [5.41, 5.74) is -0.411. The lowest BCUT2D eigenvalue weighted by atomic mass is 10.2. The van der Waals surface area contributed by atoms with E-state index in [-0.39, 0.29) is 16.3 Å². The molecule has 1 rings (SSSR count). The lowest BCUT2D eigenvalue weighted by Gasteiger charge is -2.11. The average Bonchev–Trinajstić information content (AvgIpc) is 2.13. The van der Waals surface area contributed by atoms with E-state index in [2.05, 4.69) is 0 Å². The summed E-state index contributed by atoms with van der Waals surface area (Å²) in [4.78, 5) is 10.7. The third kappa shape index (κ3) is 3.62. The molecule has 7 heteroatoms. The highest BCUT2D eigenvalue weighted by Gasteiger charge is 2.27. The summed E-state index contributed by atoms with van der Waals surface area (Å²) in [6.07, 6.45) is -4.42. The Hall–Kier alpha value is -1.43. The van der Waals surface area contributed by atoms with Crippen LogP contribution in [0.1, 0.15) is 10.4 Å². The van der Waals surface area contributed by atoms with Crippen molar-refractivity contribution in [1.29, 1.82) is 0 Å². The molecular formula is C9H7ClF3NO2. The number of rotatable bonds is 3. The largest absolute Gasteiger partial charge is 0.478 e. The highest BCUT2D eigenvalue weighted by Crippen LogP contribution is 2.23. The Morgan fingerprint density at radius 2 is 2.06 bits per heavy atom. The number of halogens is 4. The van der Waals surface area contributed by atoms with Crippen molar-refractivity contribution >= 4 is 23.3 Å². The van der Waals surface area contributed by atoms with Crippen LogP contribution in [0.4, 0.5) is 18.9 Å². The molecule has 0 bridgehead atoms. The Labute approximate surface area is 93.8 Å². The van der Waals surface area contributed by atoms with E-state index in [1.807, 2.05) is 5.32 Å². The van der Waals surface area contributed by atoms with Crippen molar-refractivity contribution in [1.82, 2.24) is 0 Å². The first-order valence-corrected chi connectivity index (χ1v) is 4.51. The van der Waals surface area contributed by atoms with E-state index in [1.165, 1.54) is 6.07 Å². The summed E-state index contributed by atoms with van der Waals surface area (Å²) in [6.45, 7) is -1.31. The first-order chi connectivity index (χ1) is 7.29. The Balaban J connectivity index is 2.93. The van der Waals surface area contributed by atoms with Crippen molar-refractivity contribution in [3.63, 3.8) is 0 Å². The minimum absolute atomic E-state index is 0.155. The molecule has 0 saturated heterocycles. The van der Waals surface area contributed by atoms with Gasteiger partial charge in [0.2, 0.25) is 0 Å². The highest BCUT2D eigenvalue weighted by atomic mass is 35.5. The maximum absolute atomic E-state index is 11.9. The average molecular weight is 254 g/mol. The number of anilines is 1. The second-order valence-electron chi connectivity index (χ2n) is 2.96. The molecule has 1 aromatic carbocycles. The Kier molecular flexibility index (Phi) is 3.64. The Morgan fingerprint density at radius 3 is 2.56 bits per heavy atom. The van der Waals surface area contributed by atoms with Crippen LogP contribution in [-0.2, 0) is 0 Å². The Morgan fingerprint density at radius 1 is 1.44 bits per heavy atom. The number of hydrogen-bond donors (Lipinski definition) is 2. The van der Waals surface area contributed by atoms with Crippen molar-refractivity contribution in [2.45, 2.75) is 6.18 Å². The molecule has 0 aliphatic heterocycles. The van der Waals surface area contributed by atoms with Crippen LogP contribution in [0.15, 0.2) is 18.2 Å². The van der Waals surface area contributed by atoms with Gasteiger partial charge in [-0.2, -0.15) is 13.2 Å². The number of carboxylic acid groups (broad SMARTS) is 1. The molecule has 0 amide bonds. The van der Waals surface area contributed by atoms with E-state index in [0.29, 0.717) is 0 Å². The maximum Gasteiger partial charge on any atom is 0.405 e. The van der Waals surface area contributed by atoms with Gasteiger partial charge in [0.15, 0.2) is 0 Å². The molecule has 0 saturated carbocycles. The molecule has 0 fully saturated rings. The molecule has 0 radical (unpaired) electrons. The van der Waals surface area contributed by atoms with Crippen LogP contribution in [0.25, 0.3) is 0 Å².